The van der Waals surface area contributed by atoms with Gasteiger partial charge in [-0.3, -0.25) is 4.90 Å². The molecule has 0 spiro atoms. The second-order valence-electron chi connectivity index (χ2n) is 5.30. The van der Waals surface area contributed by atoms with Crippen LogP contribution in [0.5, 0.6) is 0 Å². The Bertz CT molecular complexity index is 239. The molecule has 0 amide bonds. The second-order valence-corrected chi connectivity index (χ2v) is 5.30. The first-order chi connectivity index (χ1) is 9.48. The van der Waals surface area contributed by atoms with Gasteiger partial charge in [0.1, 0.15) is 0 Å². The molecule has 0 aliphatic rings. The van der Waals surface area contributed by atoms with E-state index >= 15 is 0 Å². The minimum absolute atomic E-state index is 0.234. The van der Waals surface area contributed by atoms with Crippen molar-refractivity contribution in [1.29, 1.82) is 0 Å². The quantitative estimate of drug-likeness (QED) is 0.534. The molecule has 0 aliphatic heterocycles. The van der Waals surface area contributed by atoms with Crippen LogP contribution in [0.15, 0.2) is 0 Å². The van der Waals surface area contributed by atoms with Crippen molar-refractivity contribution in [3.63, 3.8) is 0 Å². The Morgan fingerprint density at radius 3 is 2.10 bits per heavy atom. The van der Waals surface area contributed by atoms with Gasteiger partial charge in [-0.2, -0.15) is 0 Å². The van der Waals surface area contributed by atoms with Gasteiger partial charge in [0.25, 0.3) is 0 Å². The summed E-state index contributed by atoms with van der Waals surface area (Å²) in [7, 11) is 6.69. The van der Waals surface area contributed by atoms with Crippen LogP contribution in [-0.2, 0) is 18.9 Å². The second kappa shape index (κ2) is 10.5. The summed E-state index contributed by atoms with van der Waals surface area (Å²) >= 11 is 0. The zero-order valence-electron chi connectivity index (χ0n) is 13.8. The summed E-state index contributed by atoms with van der Waals surface area (Å²) in [5.41, 5.74) is 5.79. The van der Waals surface area contributed by atoms with Crippen LogP contribution in [0.3, 0.4) is 0 Å². The van der Waals surface area contributed by atoms with E-state index in [2.05, 4.69) is 18.7 Å². The number of methoxy groups -OCH3 is 4. The van der Waals surface area contributed by atoms with E-state index in [0.29, 0.717) is 26.2 Å². The van der Waals surface area contributed by atoms with Crippen molar-refractivity contribution < 1.29 is 18.9 Å². The van der Waals surface area contributed by atoms with E-state index in [0.717, 1.165) is 6.54 Å². The Kier molecular flexibility index (Phi) is 10.4. The average molecular weight is 292 g/mol. The summed E-state index contributed by atoms with van der Waals surface area (Å²) in [4.78, 5) is 2.31. The summed E-state index contributed by atoms with van der Waals surface area (Å²) < 4.78 is 21.1. The lowest BCUT2D eigenvalue weighted by Gasteiger charge is -2.45. The summed E-state index contributed by atoms with van der Waals surface area (Å²) in [5.74, 6) is 0. The molecule has 0 aliphatic carbocycles. The lowest BCUT2D eigenvalue weighted by molar-refractivity contribution is -0.134. The third-order valence-electron chi connectivity index (χ3n) is 3.74. The normalized spacial score (nSPS) is 16.6. The van der Waals surface area contributed by atoms with Crippen LogP contribution in [0.2, 0.25) is 0 Å². The Hall–Kier alpha value is -0.240. The highest BCUT2D eigenvalue weighted by Gasteiger charge is 2.36. The van der Waals surface area contributed by atoms with Crippen molar-refractivity contribution in [3.8, 4) is 0 Å². The Morgan fingerprint density at radius 2 is 1.70 bits per heavy atom. The Labute approximate surface area is 123 Å². The summed E-state index contributed by atoms with van der Waals surface area (Å²) in [5, 5.41) is 0. The maximum atomic E-state index is 6.04. The van der Waals surface area contributed by atoms with E-state index in [1.165, 1.54) is 0 Å². The van der Waals surface area contributed by atoms with Crippen molar-refractivity contribution >= 4 is 0 Å². The predicted octanol–water partition coefficient (Wildman–Crippen LogP) is 0.696. The molecule has 0 rings (SSSR count). The molecule has 0 fully saturated rings. The number of hydrogen-bond donors (Lipinski definition) is 1. The van der Waals surface area contributed by atoms with Gasteiger partial charge in [-0.25, -0.2) is 0 Å². The highest BCUT2D eigenvalue weighted by atomic mass is 16.7. The first-order valence-corrected chi connectivity index (χ1v) is 6.99. The molecule has 0 aromatic carbocycles. The number of nitrogens with zero attached hydrogens (tertiary/aromatic N) is 1. The minimum atomic E-state index is -0.275. The van der Waals surface area contributed by atoms with Crippen LogP contribution in [0.1, 0.15) is 20.3 Å². The van der Waals surface area contributed by atoms with Gasteiger partial charge in [0, 0.05) is 59.5 Å². The molecule has 0 bridgehead atoms. The van der Waals surface area contributed by atoms with Crippen LogP contribution in [0.4, 0.5) is 0 Å². The van der Waals surface area contributed by atoms with Gasteiger partial charge in [-0.05, 0) is 13.8 Å². The molecule has 20 heavy (non-hydrogen) atoms. The summed E-state index contributed by atoms with van der Waals surface area (Å²) in [6, 6.07) is 0.234. The number of nitrogens with two attached hydrogens (primary N) is 1. The van der Waals surface area contributed by atoms with Crippen molar-refractivity contribution in [2.24, 2.45) is 5.73 Å². The molecule has 2 N–H and O–H groups in total. The Morgan fingerprint density at radius 1 is 1.10 bits per heavy atom. The van der Waals surface area contributed by atoms with Crippen molar-refractivity contribution in [3.05, 3.63) is 0 Å². The van der Waals surface area contributed by atoms with Gasteiger partial charge in [0.05, 0.1) is 13.2 Å². The molecule has 6 heteroatoms. The number of rotatable bonds is 12. The highest BCUT2D eigenvalue weighted by Crippen LogP contribution is 2.24. The standard InChI is InChI=1S/C14H32N2O4/c1-12(10-18-4)16(7-8-17-3)14(2,11-15)9-13(19-5)20-6/h12-13H,7-11,15H2,1-6H3. The van der Waals surface area contributed by atoms with Gasteiger partial charge in [0.15, 0.2) is 6.29 Å². The van der Waals surface area contributed by atoms with Crippen LogP contribution in [0, 0.1) is 0 Å². The summed E-state index contributed by atoms with van der Waals surface area (Å²) in [6.45, 7) is 6.84. The van der Waals surface area contributed by atoms with Gasteiger partial charge in [0.2, 0.25) is 0 Å². The molecular weight excluding hydrogens is 260 g/mol. The van der Waals surface area contributed by atoms with Gasteiger partial charge >= 0.3 is 0 Å². The maximum Gasteiger partial charge on any atom is 0.158 e. The third kappa shape index (κ3) is 6.03. The number of ether oxygens (including phenoxy) is 4. The first kappa shape index (κ1) is 19.8. The Balaban J connectivity index is 5.00. The third-order valence-corrected chi connectivity index (χ3v) is 3.74. The molecule has 2 unspecified atom stereocenters. The molecule has 2 atom stereocenters. The molecular formula is C14H32N2O4. The fourth-order valence-electron chi connectivity index (χ4n) is 2.48. The zero-order valence-corrected chi connectivity index (χ0v) is 13.8. The van der Waals surface area contributed by atoms with Crippen LogP contribution in [0.25, 0.3) is 0 Å². The molecule has 0 saturated carbocycles. The largest absolute Gasteiger partial charge is 0.383 e. The van der Waals surface area contributed by atoms with E-state index in [1.807, 2.05) is 0 Å². The van der Waals surface area contributed by atoms with E-state index < -0.39 is 0 Å². The molecule has 0 saturated heterocycles. The van der Waals surface area contributed by atoms with E-state index in [-0.39, 0.29) is 17.9 Å². The monoisotopic (exact) mass is 292 g/mol. The zero-order chi connectivity index (χ0) is 15.6. The summed E-state index contributed by atoms with van der Waals surface area (Å²) in [6.07, 6.45) is 0.414. The molecule has 0 radical (unpaired) electrons. The lowest BCUT2D eigenvalue weighted by Crippen LogP contribution is -2.58. The van der Waals surface area contributed by atoms with Crippen molar-refractivity contribution in [1.82, 2.24) is 4.90 Å². The van der Waals surface area contributed by atoms with Crippen LogP contribution >= 0.6 is 0 Å². The average Bonchev–Trinajstić information content (AvgIpc) is 2.45. The highest BCUT2D eigenvalue weighted by molar-refractivity contribution is 4.91. The lowest BCUT2D eigenvalue weighted by atomic mass is 9.93. The first-order valence-electron chi connectivity index (χ1n) is 6.99. The fraction of sp³-hybridized carbons (Fsp3) is 1.00. The van der Waals surface area contributed by atoms with E-state index in [4.69, 9.17) is 24.7 Å². The van der Waals surface area contributed by atoms with Gasteiger partial charge < -0.3 is 24.7 Å². The molecule has 122 valence electrons. The smallest absolute Gasteiger partial charge is 0.158 e. The van der Waals surface area contributed by atoms with E-state index in [1.54, 1.807) is 28.4 Å². The van der Waals surface area contributed by atoms with Gasteiger partial charge in [-0.1, -0.05) is 0 Å². The van der Waals surface area contributed by atoms with Crippen molar-refractivity contribution in [2.45, 2.75) is 38.1 Å². The predicted molar refractivity (Wildman–Crippen MR) is 79.8 cm³/mol. The van der Waals surface area contributed by atoms with Crippen molar-refractivity contribution in [2.75, 3.05) is 54.7 Å². The SMILES string of the molecule is COCCN(C(C)COC)C(C)(CN)CC(OC)OC. The van der Waals surface area contributed by atoms with Gasteiger partial charge in [-0.15, -0.1) is 0 Å². The number of hydrogen-bond acceptors (Lipinski definition) is 6. The maximum absolute atomic E-state index is 6.04. The van der Waals surface area contributed by atoms with Crippen LogP contribution in [-0.4, -0.2) is 77.5 Å². The van der Waals surface area contributed by atoms with Crippen LogP contribution < -0.4 is 5.73 Å². The fourth-order valence-corrected chi connectivity index (χ4v) is 2.48. The minimum Gasteiger partial charge on any atom is -0.383 e. The van der Waals surface area contributed by atoms with E-state index in [9.17, 15) is 0 Å². The molecule has 6 nitrogen and oxygen atoms in total. The molecule has 0 aromatic rings. The topological polar surface area (TPSA) is 66.2 Å². The molecule has 0 heterocycles. The molecule has 0 aromatic heterocycles.